The minimum absolute atomic E-state index is 0.476. The second-order valence-corrected chi connectivity index (χ2v) is 4.14. The molecule has 0 N–H and O–H groups in total. The highest BCUT2D eigenvalue weighted by molar-refractivity contribution is 9.10. The van der Waals surface area contributed by atoms with Crippen LogP contribution in [0.15, 0.2) is 27.4 Å². The van der Waals surface area contributed by atoms with Crippen molar-refractivity contribution in [2.75, 3.05) is 0 Å². The summed E-state index contributed by atoms with van der Waals surface area (Å²) in [6.07, 6.45) is 1.79. The van der Waals surface area contributed by atoms with Crippen LogP contribution in [0.1, 0.15) is 25.3 Å². The van der Waals surface area contributed by atoms with Crippen LogP contribution in [0.25, 0.3) is 11.1 Å². The molecule has 0 bridgehead atoms. The molecule has 0 saturated heterocycles. The molecule has 2 rings (SSSR count). The van der Waals surface area contributed by atoms with Gasteiger partial charge in [0.05, 0.1) is 6.26 Å². The summed E-state index contributed by atoms with van der Waals surface area (Å²) in [5.41, 5.74) is 1.92. The van der Waals surface area contributed by atoms with Crippen LogP contribution in [0.3, 0.4) is 0 Å². The van der Waals surface area contributed by atoms with Crippen LogP contribution < -0.4 is 0 Å². The smallest absolute Gasteiger partial charge is 0.227 e. The lowest BCUT2D eigenvalue weighted by Gasteiger charge is -1.99. The minimum Gasteiger partial charge on any atom is -0.446 e. The predicted octanol–water partition coefficient (Wildman–Crippen LogP) is 3.71. The Morgan fingerprint density at radius 3 is 2.85 bits per heavy atom. The topological polar surface area (TPSA) is 26.0 Å². The Balaban J connectivity index is 2.69. The predicted molar refractivity (Wildman–Crippen MR) is 55.8 cm³/mol. The first-order chi connectivity index (χ1) is 6.18. The third kappa shape index (κ3) is 1.48. The van der Waals surface area contributed by atoms with Crippen molar-refractivity contribution < 1.29 is 4.42 Å². The van der Waals surface area contributed by atoms with Crippen LogP contribution in [0.4, 0.5) is 0 Å². The van der Waals surface area contributed by atoms with E-state index in [-0.39, 0.29) is 0 Å². The zero-order valence-corrected chi connectivity index (χ0v) is 9.13. The van der Waals surface area contributed by atoms with Gasteiger partial charge in [-0.25, -0.2) is 4.98 Å². The summed E-state index contributed by atoms with van der Waals surface area (Å²) >= 11 is 3.31. The van der Waals surface area contributed by atoms with E-state index in [1.54, 1.807) is 6.26 Å². The highest BCUT2D eigenvalue weighted by Gasteiger charge is 2.09. The number of rotatable bonds is 1. The molecule has 0 aliphatic carbocycles. The van der Waals surface area contributed by atoms with E-state index in [2.05, 4.69) is 34.8 Å². The summed E-state index contributed by atoms with van der Waals surface area (Å²) in [5.74, 6) is 0.476. The van der Waals surface area contributed by atoms with Crippen molar-refractivity contribution in [2.24, 2.45) is 0 Å². The third-order valence-electron chi connectivity index (χ3n) is 2.06. The standard InChI is InChI=1S/C10H10BrNO/c1-6(2)8-5-13-10-7(8)3-4-9(11)12-10/h3-6H,1-2H3. The Hall–Kier alpha value is -0.830. The molecule has 0 saturated carbocycles. The summed E-state index contributed by atoms with van der Waals surface area (Å²) in [6, 6.07) is 3.97. The van der Waals surface area contributed by atoms with Gasteiger partial charge in [0, 0.05) is 10.9 Å². The first-order valence-electron chi connectivity index (χ1n) is 4.22. The van der Waals surface area contributed by atoms with Crippen molar-refractivity contribution in [2.45, 2.75) is 19.8 Å². The summed E-state index contributed by atoms with van der Waals surface area (Å²) in [4.78, 5) is 4.23. The van der Waals surface area contributed by atoms with E-state index in [0.717, 1.165) is 9.99 Å². The van der Waals surface area contributed by atoms with Gasteiger partial charge >= 0.3 is 0 Å². The lowest BCUT2D eigenvalue weighted by atomic mass is 10.0. The van der Waals surface area contributed by atoms with Gasteiger partial charge in [-0.2, -0.15) is 0 Å². The molecule has 0 unspecified atom stereocenters. The molecular weight excluding hydrogens is 230 g/mol. The van der Waals surface area contributed by atoms with E-state index >= 15 is 0 Å². The number of hydrogen-bond donors (Lipinski definition) is 0. The van der Waals surface area contributed by atoms with Crippen LogP contribution >= 0.6 is 15.9 Å². The van der Waals surface area contributed by atoms with E-state index in [0.29, 0.717) is 11.6 Å². The van der Waals surface area contributed by atoms with Gasteiger partial charge < -0.3 is 4.42 Å². The van der Waals surface area contributed by atoms with E-state index < -0.39 is 0 Å². The molecule has 0 aliphatic rings. The Labute approximate surface area is 85.1 Å². The number of pyridine rings is 1. The summed E-state index contributed by atoms with van der Waals surface area (Å²) < 4.78 is 6.16. The van der Waals surface area contributed by atoms with Gasteiger partial charge in [0.1, 0.15) is 4.60 Å². The molecule has 68 valence electrons. The van der Waals surface area contributed by atoms with Crippen molar-refractivity contribution >= 4 is 27.0 Å². The molecular formula is C10H10BrNO. The zero-order chi connectivity index (χ0) is 9.42. The average Bonchev–Trinajstić information content (AvgIpc) is 2.46. The van der Waals surface area contributed by atoms with Gasteiger partial charge in [-0.05, 0) is 34.0 Å². The molecule has 0 spiro atoms. The maximum absolute atomic E-state index is 5.35. The van der Waals surface area contributed by atoms with Gasteiger partial charge in [-0.1, -0.05) is 13.8 Å². The van der Waals surface area contributed by atoms with Crippen LogP contribution in [-0.4, -0.2) is 4.98 Å². The molecule has 2 aromatic heterocycles. The number of nitrogens with zero attached hydrogens (tertiary/aromatic N) is 1. The van der Waals surface area contributed by atoms with Gasteiger partial charge in [0.2, 0.25) is 5.71 Å². The molecule has 0 atom stereocenters. The van der Waals surface area contributed by atoms with E-state index in [4.69, 9.17) is 4.42 Å². The maximum atomic E-state index is 5.35. The minimum atomic E-state index is 0.476. The molecule has 0 radical (unpaired) electrons. The Bertz CT molecular complexity index is 433. The maximum Gasteiger partial charge on any atom is 0.227 e. The Morgan fingerprint density at radius 2 is 2.15 bits per heavy atom. The molecule has 13 heavy (non-hydrogen) atoms. The SMILES string of the molecule is CC(C)c1coc2nc(Br)ccc12. The first-order valence-corrected chi connectivity index (χ1v) is 5.01. The Kier molecular flexibility index (Phi) is 2.12. The fourth-order valence-corrected chi connectivity index (χ4v) is 1.65. The van der Waals surface area contributed by atoms with Crippen LogP contribution in [-0.2, 0) is 0 Å². The van der Waals surface area contributed by atoms with E-state index in [1.807, 2.05) is 12.1 Å². The van der Waals surface area contributed by atoms with Crippen molar-refractivity contribution in [3.8, 4) is 0 Å². The number of aromatic nitrogens is 1. The normalized spacial score (nSPS) is 11.4. The van der Waals surface area contributed by atoms with Crippen molar-refractivity contribution in [1.82, 2.24) is 4.98 Å². The summed E-state index contributed by atoms with van der Waals surface area (Å²) in [6.45, 7) is 4.29. The number of fused-ring (bicyclic) bond motifs is 1. The highest BCUT2D eigenvalue weighted by atomic mass is 79.9. The molecule has 2 nitrogen and oxygen atoms in total. The molecule has 3 heteroatoms. The van der Waals surface area contributed by atoms with Gasteiger partial charge in [-0.3, -0.25) is 0 Å². The fraction of sp³-hybridized carbons (Fsp3) is 0.300. The first kappa shape index (κ1) is 8.75. The second-order valence-electron chi connectivity index (χ2n) is 3.33. The highest BCUT2D eigenvalue weighted by Crippen LogP contribution is 2.27. The number of furan rings is 1. The number of halogens is 1. The largest absolute Gasteiger partial charge is 0.446 e. The molecule has 0 aromatic carbocycles. The lowest BCUT2D eigenvalue weighted by molar-refractivity contribution is 0.594. The summed E-state index contributed by atoms with van der Waals surface area (Å²) in [5, 5.41) is 1.11. The molecule has 2 aromatic rings. The van der Waals surface area contributed by atoms with Crippen LogP contribution in [0.5, 0.6) is 0 Å². The molecule has 0 amide bonds. The lowest BCUT2D eigenvalue weighted by Crippen LogP contribution is -1.84. The van der Waals surface area contributed by atoms with Gasteiger partial charge in [0.25, 0.3) is 0 Å². The number of hydrogen-bond acceptors (Lipinski definition) is 2. The van der Waals surface area contributed by atoms with Crippen molar-refractivity contribution in [3.63, 3.8) is 0 Å². The second kappa shape index (κ2) is 3.14. The average molecular weight is 240 g/mol. The van der Waals surface area contributed by atoms with Gasteiger partial charge in [0.15, 0.2) is 0 Å². The molecule has 2 heterocycles. The van der Waals surface area contributed by atoms with E-state index in [9.17, 15) is 0 Å². The zero-order valence-electron chi connectivity index (χ0n) is 7.54. The molecule has 0 aliphatic heterocycles. The van der Waals surface area contributed by atoms with Crippen LogP contribution in [0, 0.1) is 0 Å². The quantitative estimate of drug-likeness (QED) is 0.710. The monoisotopic (exact) mass is 239 g/mol. The third-order valence-corrected chi connectivity index (χ3v) is 2.50. The van der Waals surface area contributed by atoms with Crippen molar-refractivity contribution in [1.29, 1.82) is 0 Å². The summed E-state index contributed by atoms with van der Waals surface area (Å²) in [7, 11) is 0. The van der Waals surface area contributed by atoms with Gasteiger partial charge in [-0.15, -0.1) is 0 Å². The fourth-order valence-electron chi connectivity index (χ4n) is 1.36. The Morgan fingerprint density at radius 1 is 1.38 bits per heavy atom. The molecule has 0 fully saturated rings. The van der Waals surface area contributed by atoms with E-state index in [1.165, 1.54) is 5.56 Å². The van der Waals surface area contributed by atoms with Crippen LogP contribution in [0.2, 0.25) is 0 Å². The van der Waals surface area contributed by atoms with Crippen molar-refractivity contribution in [3.05, 3.63) is 28.6 Å².